The molecule has 78 valence electrons. The van der Waals surface area contributed by atoms with Gasteiger partial charge in [0, 0.05) is 40.1 Å². The molecule has 0 saturated carbocycles. The second kappa shape index (κ2) is 6.04. The van der Waals surface area contributed by atoms with Crippen molar-refractivity contribution in [3.05, 3.63) is 0 Å². The molecule has 0 aromatic carbocycles. The fourth-order valence-electron chi connectivity index (χ4n) is 1.41. The summed E-state index contributed by atoms with van der Waals surface area (Å²) < 4.78 is 11.1. The fourth-order valence-corrected chi connectivity index (χ4v) is 2.98. The van der Waals surface area contributed by atoms with E-state index >= 15 is 0 Å². The normalized spacial score (nSPS) is 31.5. The largest absolute Gasteiger partial charge is 0.313 e. The standard InChI is InChI=1S/C9H19NOS2/c1-8(12-2)7-10-9-3-5-13(11)6-4-9/h8-10H,3-7H2,1-2H3. The van der Waals surface area contributed by atoms with E-state index in [1.54, 1.807) is 0 Å². The maximum atomic E-state index is 11.1. The van der Waals surface area contributed by atoms with Crippen LogP contribution in [0.3, 0.4) is 0 Å². The van der Waals surface area contributed by atoms with E-state index in [1.165, 1.54) is 0 Å². The van der Waals surface area contributed by atoms with Crippen LogP contribution in [-0.2, 0) is 10.8 Å². The molecular formula is C9H19NOS2. The van der Waals surface area contributed by atoms with Gasteiger partial charge in [-0.15, -0.1) is 0 Å². The molecule has 0 radical (unpaired) electrons. The lowest BCUT2D eigenvalue weighted by Crippen LogP contribution is -2.38. The van der Waals surface area contributed by atoms with Crippen molar-refractivity contribution in [2.45, 2.75) is 31.1 Å². The van der Waals surface area contributed by atoms with E-state index in [9.17, 15) is 4.21 Å². The molecule has 0 aromatic heterocycles. The molecule has 0 amide bonds. The number of nitrogens with one attached hydrogen (secondary N) is 1. The molecule has 4 heteroatoms. The first-order valence-electron chi connectivity index (χ1n) is 4.83. The summed E-state index contributed by atoms with van der Waals surface area (Å²) in [5.74, 6) is 1.79. The molecule has 0 aliphatic carbocycles. The maximum absolute atomic E-state index is 11.1. The molecule has 1 N–H and O–H groups in total. The molecule has 1 heterocycles. The molecule has 1 unspecified atom stereocenters. The quantitative estimate of drug-likeness (QED) is 0.774. The van der Waals surface area contributed by atoms with E-state index < -0.39 is 10.8 Å². The number of hydrogen-bond donors (Lipinski definition) is 1. The van der Waals surface area contributed by atoms with E-state index in [2.05, 4.69) is 18.5 Å². The zero-order valence-electron chi connectivity index (χ0n) is 8.41. The van der Waals surface area contributed by atoms with Crippen LogP contribution in [0.1, 0.15) is 19.8 Å². The topological polar surface area (TPSA) is 29.1 Å². The molecule has 1 aliphatic heterocycles. The average molecular weight is 221 g/mol. The first-order valence-corrected chi connectivity index (χ1v) is 7.61. The van der Waals surface area contributed by atoms with Crippen molar-refractivity contribution in [2.24, 2.45) is 0 Å². The van der Waals surface area contributed by atoms with Gasteiger partial charge in [0.1, 0.15) is 0 Å². The highest BCUT2D eigenvalue weighted by atomic mass is 32.2. The lowest BCUT2D eigenvalue weighted by atomic mass is 10.1. The van der Waals surface area contributed by atoms with E-state index in [4.69, 9.17) is 0 Å². The van der Waals surface area contributed by atoms with Crippen LogP contribution in [0.15, 0.2) is 0 Å². The third-order valence-corrected chi connectivity index (χ3v) is 4.84. The molecule has 0 spiro atoms. The Kier molecular flexibility index (Phi) is 5.36. The van der Waals surface area contributed by atoms with Gasteiger partial charge < -0.3 is 5.32 Å². The van der Waals surface area contributed by atoms with Crippen LogP contribution in [0.25, 0.3) is 0 Å². The summed E-state index contributed by atoms with van der Waals surface area (Å²) in [6.45, 7) is 3.32. The van der Waals surface area contributed by atoms with Crippen LogP contribution in [0.2, 0.25) is 0 Å². The van der Waals surface area contributed by atoms with Gasteiger partial charge in [0.15, 0.2) is 0 Å². The highest BCUT2D eigenvalue weighted by Crippen LogP contribution is 2.10. The molecule has 13 heavy (non-hydrogen) atoms. The summed E-state index contributed by atoms with van der Waals surface area (Å²) in [4.78, 5) is 0. The van der Waals surface area contributed by atoms with Crippen LogP contribution in [0.4, 0.5) is 0 Å². The van der Waals surface area contributed by atoms with Gasteiger partial charge >= 0.3 is 0 Å². The van der Waals surface area contributed by atoms with E-state index in [0.29, 0.717) is 11.3 Å². The number of thioether (sulfide) groups is 1. The van der Waals surface area contributed by atoms with Crippen LogP contribution >= 0.6 is 11.8 Å². The van der Waals surface area contributed by atoms with Crippen molar-refractivity contribution < 1.29 is 4.21 Å². The molecule has 2 nitrogen and oxygen atoms in total. The van der Waals surface area contributed by atoms with E-state index in [0.717, 1.165) is 30.9 Å². The third-order valence-electron chi connectivity index (χ3n) is 2.48. The SMILES string of the molecule is CSC(C)CNC1CCS(=O)CC1. The third kappa shape index (κ3) is 4.47. The summed E-state index contributed by atoms with van der Waals surface area (Å²) >= 11 is 1.89. The lowest BCUT2D eigenvalue weighted by Gasteiger charge is -2.23. The molecule has 1 fully saturated rings. The van der Waals surface area contributed by atoms with Gasteiger partial charge in [0.25, 0.3) is 0 Å². The van der Waals surface area contributed by atoms with Gasteiger partial charge in [-0.2, -0.15) is 11.8 Å². The minimum Gasteiger partial charge on any atom is -0.313 e. The maximum Gasteiger partial charge on any atom is 0.0249 e. The monoisotopic (exact) mass is 221 g/mol. The Labute approximate surface area is 87.7 Å². The van der Waals surface area contributed by atoms with Gasteiger partial charge in [-0.05, 0) is 19.1 Å². The van der Waals surface area contributed by atoms with Crippen molar-refractivity contribution in [3.8, 4) is 0 Å². The molecule has 1 rings (SSSR count). The summed E-state index contributed by atoms with van der Waals surface area (Å²) in [6, 6.07) is 0.618. The Morgan fingerprint density at radius 2 is 2.15 bits per heavy atom. The fraction of sp³-hybridized carbons (Fsp3) is 1.00. The highest BCUT2D eigenvalue weighted by Gasteiger charge is 2.17. The molecule has 1 aliphatic rings. The molecule has 0 bridgehead atoms. The summed E-state index contributed by atoms with van der Waals surface area (Å²) in [6.07, 6.45) is 4.32. The molecule has 1 atom stereocenters. The van der Waals surface area contributed by atoms with E-state index in [-0.39, 0.29) is 0 Å². The van der Waals surface area contributed by atoms with Crippen LogP contribution in [0, 0.1) is 0 Å². The number of rotatable bonds is 4. The predicted octanol–water partition coefficient (Wildman–Crippen LogP) is 1.24. The summed E-state index contributed by atoms with van der Waals surface area (Å²) in [7, 11) is -0.522. The van der Waals surface area contributed by atoms with Gasteiger partial charge in [-0.25, -0.2) is 0 Å². The average Bonchev–Trinajstić information content (AvgIpc) is 2.16. The first kappa shape index (κ1) is 11.5. The molecule has 1 saturated heterocycles. The smallest absolute Gasteiger partial charge is 0.0249 e. The van der Waals surface area contributed by atoms with Crippen molar-refractivity contribution in [1.29, 1.82) is 0 Å². The first-order chi connectivity index (χ1) is 6.22. The lowest BCUT2D eigenvalue weighted by molar-refractivity contribution is 0.479. The molecule has 0 aromatic rings. The Morgan fingerprint density at radius 1 is 1.54 bits per heavy atom. The van der Waals surface area contributed by atoms with Crippen LogP contribution < -0.4 is 5.32 Å². The number of hydrogen-bond acceptors (Lipinski definition) is 3. The minimum atomic E-state index is -0.522. The Hall–Kier alpha value is 0.460. The van der Waals surface area contributed by atoms with Crippen LogP contribution in [0.5, 0.6) is 0 Å². The highest BCUT2D eigenvalue weighted by molar-refractivity contribution is 7.99. The van der Waals surface area contributed by atoms with Crippen LogP contribution in [-0.4, -0.2) is 39.8 Å². The zero-order valence-corrected chi connectivity index (χ0v) is 10.0. The summed E-state index contributed by atoms with van der Waals surface area (Å²) in [5, 5.41) is 4.22. The van der Waals surface area contributed by atoms with Crippen molar-refractivity contribution in [3.63, 3.8) is 0 Å². The van der Waals surface area contributed by atoms with Crippen molar-refractivity contribution in [1.82, 2.24) is 5.32 Å². The second-order valence-corrected chi connectivity index (χ2v) is 6.55. The van der Waals surface area contributed by atoms with Gasteiger partial charge in [0.05, 0.1) is 0 Å². The predicted molar refractivity (Wildman–Crippen MR) is 61.9 cm³/mol. The molecular weight excluding hydrogens is 202 g/mol. The van der Waals surface area contributed by atoms with Gasteiger partial charge in [-0.1, -0.05) is 6.92 Å². The Morgan fingerprint density at radius 3 is 2.69 bits per heavy atom. The van der Waals surface area contributed by atoms with Crippen molar-refractivity contribution >= 4 is 22.6 Å². The van der Waals surface area contributed by atoms with Gasteiger partial charge in [0.2, 0.25) is 0 Å². The Bertz CT molecular complexity index is 165. The van der Waals surface area contributed by atoms with Gasteiger partial charge in [-0.3, -0.25) is 4.21 Å². The second-order valence-electron chi connectivity index (χ2n) is 3.58. The summed E-state index contributed by atoms with van der Waals surface area (Å²) in [5.41, 5.74) is 0. The van der Waals surface area contributed by atoms with Crippen molar-refractivity contribution in [2.75, 3.05) is 24.3 Å². The van der Waals surface area contributed by atoms with E-state index in [1.807, 2.05) is 11.8 Å². The zero-order chi connectivity index (χ0) is 9.68. The Balaban J connectivity index is 2.12. The minimum absolute atomic E-state index is 0.522.